The summed E-state index contributed by atoms with van der Waals surface area (Å²) in [4.78, 5) is 2.38. The molecule has 4 heteroatoms. The van der Waals surface area contributed by atoms with Gasteiger partial charge in [-0.15, -0.1) is 0 Å². The smallest absolute Gasteiger partial charge is 0.0488 e. The van der Waals surface area contributed by atoms with E-state index in [9.17, 15) is 0 Å². The van der Waals surface area contributed by atoms with Gasteiger partial charge in [0, 0.05) is 27.2 Å². The predicted octanol–water partition coefficient (Wildman–Crippen LogP) is 3.72. The van der Waals surface area contributed by atoms with Gasteiger partial charge < -0.3 is 10.2 Å². The first-order valence-electron chi connectivity index (χ1n) is 5.55. The zero-order valence-corrected chi connectivity index (χ0v) is 12.5. The zero-order valence-electron chi connectivity index (χ0n) is 9.34. The summed E-state index contributed by atoms with van der Waals surface area (Å²) in [7, 11) is 2.18. The molecule has 1 aliphatic rings. The Labute approximate surface area is 114 Å². The van der Waals surface area contributed by atoms with E-state index < -0.39 is 0 Å². The van der Waals surface area contributed by atoms with Crippen molar-refractivity contribution in [2.45, 2.75) is 18.9 Å². The average molecular weight is 348 g/mol. The highest BCUT2D eigenvalue weighted by molar-refractivity contribution is 9.11. The van der Waals surface area contributed by atoms with Crippen molar-refractivity contribution in [2.24, 2.45) is 0 Å². The zero-order chi connectivity index (χ0) is 11.5. The molecule has 1 unspecified atom stereocenters. The molecule has 2 rings (SSSR count). The average Bonchev–Trinajstić information content (AvgIpc) is 2.22. The number of halogens is 2. The molecule has 16 heavy (non-hydrogen) atoms. The molecule has 0 aromatic heterocycles. The lowest BCUT2D eigenvalue weighted by molar-refractivity contribution is 0.261. The summed E-state index contributed by atoms with van der Waals surface area (Å²) < 4.78 is 2.22. The quantitative estimate of drug-likeness (QED) is 0.877. The first-order chi connectivity index (χ1) is 7.65. The van der Waals surface area contributed by atoms with Crippen LogP contribution in [-0.4, -0.2) is 31.1 Å². The molecule has 1 aromatic carbocycles. The number of hydrogen-bond acceptors (Lipinski definition) is 2. The Bertz CT molecular complexity index is 368. The molecule has 0 saturated carbocycles. The van der Waals surface area contributed by atoms with Crippen LogP contribution in [0.15, 0.2) is 27.1 Å². The molecule has 0 bridgehead atoms. The minimum Gasteiger partial charge on any atom is -0.380 e. The highest BCUT2D eigenvalue weighted by Crippen LogP contribution is 2.27. The molecule has 1 saturated heterocycles. The van der Waals surface area contributed by atoms with Crippen LogP contribution in [0, 0.1) is 0 Å². The topological polar surface area (TPSA) is 15.3 Å². The third kappa shape index (κ3) is 3.22. The number of piperidine rings is 1. The summed E-state index contributed by atoms with van der Waals surface area (Å²) in [6.45, 7) is 2.35. The lowest BCUT2D eigenvalue weighted by atomic mass is 10.1. The maximum Gasteiger partial charge on any atom is 0.0488 e. The van der Waals surface area contributed by atoms with Crippen molar-refractivity contribution in [3.63, 3.8) is 0 Å². The van der Waals surface area contributed by atoms with Crippen LogP contribution in [0.2, 0.25) is 0 Å². The van der Waals surface area contributed by atoms with Crippen molar-refractivity contribution in [1.82, 2.24) is 4.90 Å². The first kappa shape index (κ1) is 12.4. The summed E-state index contributed by atoms with van der Waals surface area (Å²) >= 11 is 7.05. The fourth-order valence-corrected chi connectivity index (χ4v) is 3.27. The second-order valence-electron chi connectivity index (χ2n) is 4.37. The molecule has 1 heterocycles. The number of likely N-dealkylation sites (N-methyl/N-ethyl adjacent to an activating group) is 1. The fourth-order valence-electron chi connectivity index (χ4n) is 2.11. The van der Waals surface area contributed by atoms with Crippen molar-refractivity contribution in [3.05, 3.63) is 27.1 Å². The van der Waals surface area contributed by atoms with Crippen LogP contribution in [0.5, 0.6) is 0 Å². The van der Waals surface area contributed by atoms with Crippen molar-refractivity contribution in [2.75, 3.05) is 25.5 Å². The number of likely N-dealkylation sites (tertiary alicyclic amines) is 1. The van der Waals surface area contributed by atoms with Crippen LogP contribution >= 0.6 is 31.9 Å². The summed E-state index contributed by atoms with van der Waals surface area (Å²) in [5, 5.41) is 3.60. The lowest BCUT2D eigenvalue weighted by Crippen LogP contribution is -2.39. The van der Waals surface area contributed by atoms with E-state index in [1.165, 1.54) is 25.1 Å². The number of nitrogens with one attached hydrogen (secondary N) is 1. The van der Waals surface area contributed by atoms with E-state index in [4.69, 9.17) is 0 Å². The Hall–Kier alpha value is -0.0600. The van der Waals surface area contributed by atoms with E-state index in [-0.39, 0.29) is 0 Å². The lowest BCUT2D eigenvalue weighted by Gasteiger charge is -2.31. The van der Waals surface area contributed by atoms with Crippen LogP contribution in [-0.2, 0) is 0 Å². The van der Waals surface area contributed by atoms with Gasteiger partial charge in [-0.25, -0.2) is 0 Å². The van der Waals surface area contributed by atoms with Crippen molar-refractivity contribution in [3.8, 4) is 0 Å². The third-order valence-corrected chi connectivity index (χ3v) is 4.06. The van der Waals surface area contributed by atoms with Gasteiger partial charge in [-0.05, 0) is 60.6 Å². The summed E-state index contributed by atoms with van der Waals surface area (Å²) in [6.07, 6.45) is 2.54. The van der Waals surface area contributed by atoms with Crippen molar-refractivity contribution in [1.29, 1.82) is 0 Å². The van der Waals surface area contributed by atoms with Gasteiger partial charge in [0.05, 0.1) is 0 Å². The van der Waals surface area contributed by atoms with Crippen LogP contribution in [0.1, 0.15) is 12.8 Å². The van der Waals surface area contributed by atoms with E-state index in [1.54, 1.807) is 0 Å². The number of anilines is 1. The first-order valence-corrected chi connectivity index (χ1v) is 7.14. The van der Waals surface area contributed by atoms with Gasteiger partial charge in [0.2, 0.25) is 0 Å². The van der Waals surface area contributed by atoms with E-state index in [2.05, 4.69) is 67.3 Å². The molecule has 1 aromatic rings. The standard InChI is InChI=1S/C12H16Br2N2/c1-16-6-2-3-10(8-16)15-12-5-4-9(13)7-11(12)14/h4-5,7,10,15H,2-3,6,8H2,1H3. The molecule has 1 fully saturated rings. The minimum absolute atomic E-state index is 0.566. The van der Waals surface area contributed by atoms with Crippen LogP contribution in [0.25, 0.3) is 0 Å². The molecule has 1 atom stereocenters. The summed E-state index contributed by atoms with van der Waals surface area (Å²) in [5.74, 6) is 0. The van der Waals surface area contributed by atoms with Gasteiger partial charge in [0.15, 0.2) is 0 Å². The molecule has 0 radical (unpaired) electrons. The molecule has 0 amide bonds. The Morgan fingerprint density at radius 2 is 2.19 bits per heavy atom. The second-order valence-corrected chi connectivity index (χ2v) is 6.14. The molecule has 88 valence electrons. The molecular formula is C12H16Br2N2. The second kappa shape index (κ2) is 5.52. The van der Waals surface area contributed by atoms with Crippen LogP contribution in [0.3, 0.4) is 0 Å². The van der Waals surface area contributed by atoms with Crippen LogP contribution < -0.4 is 5.32 Å². The van der Waals surface area contributed by atoms with E-state index in [0.717, 1.165) is 15.5 Å². The summed E-state index contributed by atoms with van der Waals surface area (Å²) in [5.41, 5.74) is 1.18. The predicted molar refractivity (Wildman–Crippen MR) is 76.0 cm³/mol. The van der Waals surface area contributed by atoms with Gasteiger partial charge in [-0.3, -0.25) is 0 Å². The summed E-state index contributed by atoms with van der Waals surface area (Å²) in [6, 6.07) is 6.83. The van der Waals surface area contributed by atoms with Gasteiger partial charge in [0.25, 0.3) is 0 Å². The van der Waals surface area contributed by atoms with E-state index in [0.29, 0.717) is 6.04 Å². The van der Waals surface area contributed by atoms with Gasteiger partial charge in [-0.1, -0.05) is 15.9 Å². The van der Waals surface area contributed by atoms with E-state index >= 15 is 0 Å². The largest absolute Gasteiger partial charge is 0.380 e. The SMILES string of the molecule is CN1CCCC(Nc2ccc(Br)cc2Br)C1. The minimum atomic E-state index is 0.566. The highest BCUT2D eigenvalue weighted by Gasteiger charge is 2.17. The van der Waals surface area contributed by atoms with Gasteiger partial charge >= 0.3 is 0 Å². The Morgan fingerprint density at radius 3 is 2.88 bits per heavy atom. The van der Waals surface area contributed by atoms with Crippen LogP contribution in [0.4, 0.5) is 5.69 Å². The van der Waals surface area contributed by atoms with Gasteiger partial charge in [-0.2, -0.15) is 0 Å². The third-order valence-electron chi connectivity index (χ3n) is 2.92. The normalized spacial score (nSPS) is 22.1. The molecule has 0 spiro atoms. The molecule has 1 N–H and O–H groups in total. The maximum absolute atomic E-state index is 3.60. The monoisotopic (exact) mass is 346 g/mol. The molecular weight excluding hydrogens is 332 g/mol. The number of hydrogen-bond donors (Lipinski definition) is 1. The Morgan fingerprint density at radius 1 is 1.38 bits per heavy atom. The Kier molecular flexibility index (Phi) is 4.27. The molecule has 2 nitrogen and oxygen atoms in total. The van der Waals surface area contributed by atoms with Gasteiger partial charge in [0.1, 0.15) is 0 Å². The number of benzene rings is 1. The maximum atomic E-state index is 3.60. The van der Waals surface area contributed by atoms with Crippen molar-refractivity contribution < 1.29 is 0 Å². The number of rotatable bonds is 2. The number of nitrogens with zero attached hydrogens (tertiary/aromatic N) is 1. The van der Waals surface area contributed by atoms with E-state index in [1.807, 2.05) is 0 Å². The highest BCUT2D eigenvalue weighted by atomic mass is 79.9. The molecule has 0 aliphatic carbocycles. The van der Waals surface area contributed by atoms with Crippen molar-refractivity contribution >= 4 is 37.5 Å². The molecule has 1 aliphatic heterocycles. The fraction of sp³-hybridized carbons (Fsp3) is 0.500. The Balaban J connectivity index is 2.02.